The SMILES string of the molecule is CCCCC(CCCC)OCc1ccc(C(=O)N[C@@H](CCSC)C(=O)[O-])c(-c2ccccc2C)c1.[Li+]. The number of amides is 1. The molecule has 0 radical (unpaired) electrons. The quantitative estimate of drug-likeness (QED) is 0.355. The van der Waals surface area contributed by atoms with Gasteiger partial charge < -0.3 is 20.0 Å². The number of benzene rings is 2. The molecule has 2 aromatic rings. The molecule has 0 spiro atoms. The van der Waals surface area contributed by atoms with Crippen LogP contribution in [0.25, 0.3) is 11.1 Å². The van der Waals surface area contributed by atoms with Crippen molar-refractivity contribution in [3.63, 3.8) is 0 Å². The van der Waals surface area contributed by atoms with Crippen LogP contribution in [0.1, 0.15) is 80.3 Å². The standard InChI is InChI=1S/C29H41NO4S.Li/c1-5-7-12-23(13-8-6-2)34-20-22-15-16-25(26(19-22)24-14-10-9-11-21(24)3)28(31)30-27(29(32)33)17-18-35-4;/h9-11,14-16,19,23,27H,5-8,12-13,17-18,20H2,1-4H3,(H,30,31)(H,32,33);/q;+1/p-1/t27-;/m0./s1. The minimum Gasteiger partial charge on any atom is -0.548 e. The number of carboxylic acids is 1. The zero-order valence-electron chi connectivity index (χ0n) is 22.6. The molecule has 0 aliphatic carbocycles. The van der Waals surface area contributed by atoms with Crippen molar-refractivity contribution in [1.29, 1.82) is 0 Å². The fourth-order valence-corrected chi connectivity index (χ4v) is 4.56. The summed E-state index contributed by atoms with van der Waals surface area (Å²) in [5, 5.41) is 14.3. The number of aryl methyl sites for hydroxylation is 1. The Hall–Kier alpha value is -1.71. The maximum Gasteiger partial charge on any atom is 1.00 e. The van der Waals surface area contributed by atoms with Gasteiger partial charge in [0.2, 0.25) is 0 Å². The third-order valence-corrected chi connectivity index (χ3v) is 6.85. The topological polar surface area (TPSA) is 78.5 Å². The number of carbonyl (C=O) groups excluding carboxylic acids is 2. The van der Waals surface area contributed by atoms with E-state index in [9.17, 15) is 14.7 Å². The summed E-state index contributed by atoms with van der Waals surface area (Å²) >= 11 is 1.54. The molecule has 0 heterocycles. The zero-order chi connectivity index (χ0) is 25.6. The molecule has 0 aliphatic heterocycles. The summed E-state index contributed by atoms with van der Waals surface area (Å²) in [6.07, 6.45) is 9.17. The Morgan fingerprint density at radius 3 is 2.25 bits per heavy atom. The van der Waals surface area contributed by atoms with Gasteiger partial charge in [-0.05, 0) is 72.6 Å². The van der Waals surface area contributed by atoms with Gasteiger partial charge in [0, 0.05) is 5.56 Å². The summed E-state index contributed by atoms with van der Waals surface area (Å²) in [5.41, 5.74) is 4.22. The van der Waals surface area contributed by atoms with Crippen molar-refractivity contribution >= 4 is 23.6 Å². The van der Waals surface area contributed by atoms with Crippen molar-refractivity contribution in [3.8, 4) is 11.1 Å². The average Bonchev–Trinajstić information content (AvgIpc) is 2.86. The predicted octanol–water partition coefficient (Wildman–Crippen LogP) is 2.53. The van der Waals surface area contributed by atoms with Gasteiger partial charge in [-0.3, -0.25) is 4.79 Å². The number of ether oxygens (including phenoxy) is 1. The number of hydrogen-bond acceptors (Lipinski definition) is 5. The molecule has 1 N–H and O–H groups in total. The molecule has 0 saturated heterocycles. The molecule has 2 aromatic carbocycles. The van der Waals surface area contributed by atoms with Crippen LogP contribution in [0, 0.1) is 6.92 Å². The van der Waals surface area contributed by atoms with Crippen LogP contribution in [0.5, 0.6) is 0 Å². The van der Waals surface area contributed by atoms with Crippen LogP contribution >= 0.6 is 11.8 Å². The fourth-order valence-electron chi connectivity index (χ4n) is 4.09. The van der Waals surface area contributed by atoms with Crippen molar-refractivity contribution in [3.05, 3.63) is 59.2 Å². The minimum absolute atomic E-state index is 0. The van der Waals surface area contributed by atoms with Crippen molar-refractivity contribution < 1.29 is 38.3 Å². The Morgan fingerprint density at radius 1 is 1.00 bits per heavy atom. The summed E-state index contributed by atoms with van der Waals surface area (Å²) < 4.78 is 6.31. The van der Waals surface area contributed by atoms with Gasteiger partial charge in [-0.15, -0.1) is 0 Å². The maximum atomic E-state index is 13.2. The largest absolute Gasteiger partial charge is 1.00 e. The second-order valence-corrected chi connectivity index (χ2v) is 10.0. The van der Waals surface area contributed by atoms with Crippen LogP contribution < -0.4 is 29.3 Å². The van der Waals surface area contributed by atoms with E-state index >= 15 is 0 Å². The van der Waals surface area contributed by atoms with E-state index in [-0.39, 0.29) is 25.0 Å². The molecular weight excluding hydrogens is 465 g/mol. The van der Waals surface area contributed by atoms with Crippen molar-refractivity contribution in [1.82, 2.24) is 5.32 Å². The van der Waals surface area contributed by atoms with E-state index in [1.54, 1.807) is 6.07 Å². The first-order valence-corrected chi connectivity index (χ1v) is 14.1. The molecular formula is C29H40LiNO4S. The first-order chi connectivity index (χ1) is 16.9. The van der Waals surface area contributed by atoms with E-state index < -0.39 is 17.9 Å². The van der Waals surface area contributed by atoms with Gasteiger partial charge in [-0.2, -0.15) is 11.8 Å². The Balaban J connectivity index is 0.00000648. The number of rotatable bonds is 16. The summed E-state index contributed by atoms with van der Waals surface area (Å²) in [6, 6.07) is 12.6. The predicted molar refractivity (Wildman–Crippen MR) is 144 cm³/mol. The monoisotopic (exact) mass is 505 g/mol. The van der Waals surface area contributed by atoms with E-state index in [2.05, 4.69) is 19.2 Å². The first-order valence-electron chi connectivity index (χ1n) is 12.7. The molecule has 0 unspecified atom stereocenters. The van der Waals surface area contributed by atoms with Crippen LogP contribution in [0.2, 0.25) is 0 Å². The molecule has 0 fully saturated rings. The number of nitrogens with one attached hydrogen (secondary N) is 1. The molecule has 7 heteroatoms. The van der Waals surface area contributed by atoms with Crippen LogP contribution in [0.3, 0.4) is 0 Å². The Bertz CT molecular complexity index is 945. The van der Waals surface area contributed by atoms with Gasteiger partial charge in [-0.25, -0.2) is 0 Å². The molecule has 0 bridgehead atoms. The van der Waals surface area contributed by atoms with Gasteiger partial charge in [0.1, 0.15) is 0 Å². The van der Waals surface area contributed by atoms with E-state index in [4.69, 9.17) is 4.74 Å². The van der Waals surface area contributed by atoms with Gasteiger partial charge >= 0.3 is 18.9 Å². The Morgan fingerprint density at radius 2 is 1.67 bits per heavy atom. The number of aliphatic carboxylic acids is 1. The maximum absolute atomic E-state index is 13.2. The van der Waals surface area contributed by atoms with Crippen molar-refractivity contribution in [2.45, 2.75) is 84.5 Å². The van der Waals surface area contributed by atoms with Crippen LogP contribution in [0.4, 0.5) is 0 Å². The van der Waals surface area contributed by atoms with Crippen molar-refractivity contribution in [2.24, 2.45) is 0 Å². The van der Waals surface area contributed by atoms with Crippen LogP contribution in [-0.2, 0) is 16.1 Å². The van der Waals surface area contributed by atoms with Crippen LogP contribution in [0.15, 0.2) is 42.5 Å². The molecule has 192 valence electrons. The molecule has 36 heavy (non-hydrogen) atoms. The third kappa shape index (κ3) is 10.3. The molecule has 1 atom stereocenters. The molecule has 1 amide bonds. The normalized spacial score (nSPS) is 11.7. The Kier molecular flexibility index (Phi) is 15.9. The molecule has 0 saturated carbocycles. The fraction of sp³-hybridized carbons (Fsp3) is 0.517. The van der Waals surface area contributed by atoms with E-state index in [0.29, 0.717) is 24.3 Å². The first kappa shape index (κ1) is 32.3. The van der Waals surface area contributed by atoms with E-state index in [1.165, 1.54) is 11.8 Å². The molecule has 0 aliphatic rings. The van der Waals surface area contributed by atoms with Crippen molar-refractivity contribution in [2.75, 3.05) is 12.0 Å². The summed E-state index contributed by atoms with van der Waals surface area (Å²) in [4.78, 5) is 24.8. The van der Waals surface area contributed by atoms with Gasteiger partial charge in [0.15, 0.2) is 0 Å². The van der Waals surface area contributed by atoms with Gasteiger partial charge in [0.25, 0.3) is 5.91 Å². The molecule has 2 rings (SSSR count). The smallest absolute Gasteiger partial charge is 0.548 e. The number of unbranched alkanes of at least 4 members (excludes halogenated alkanes) is 2. The molecule has 0 aromatic heterocycles. The summed E-state index contributed by atoms with van der Waals surface area (Å²) in [7, 11) is 0. The van der Waals surface area contributed by atoms with E-state index in [1.807, 2.05) is 49.6 Å². The molecule has 5 nitrogen and oxygen atoms in total. The number of thioether (sulfide) groups is 1. The zero-order valence-corrected chi connectivity index (χ0v) is 23.4. The number of carboxylic acid groups (broad SMARTS) is 1. The Labute approximate surface area is 233 Å². The minimum atomic E-state index is -1.26. The van der Waals surface area contributed by atoms with E-state index in [0.717, 1.165) is 60.8 Å². The van der Waals surface area contributed by atoms with Gasteiger partial charge in [0.05, 0.1) is 24.7 Å². The summed E-state index contributed by atoms with van der Waals surface area (Å²) in [5.74, 6) is -1.05. The second kappa shape index (κ2) is 17.7. The number of carbonyl (C=O) groups is 2. The average molecular weight is 506 g/mol. The third-order valence-electron chi connectivity index (χ3n) is 6.21. The second-order valence-electron chi connectivity index (χ2n) is 9.04. The van der Waals surface area contributed by atoms with Gasteiger partial charge in [-0.1, -0.05) is 69.9 Å². The summed E-state index contributed by atoms with van der Waals surface area (Å²) in [6.45, 7) is 6.88. The van der Waals surface area contributed by atoms with Crippen LogP contribution in [-0.4, -0.2) is 36.0 Å². The number of hydrogen-bond donors (Lipinski definition) is 1.